The molecule has 0 saturated carbocycles. The number of rotatable bonds is 4. The zero-order chi connectivity index (χ0) is 18.1. The van der Waals surface area contributed by atoms with Crippen molar-refractivity contribution in [2.75, 3.05) is 13.1 Å². The van der Waals surface area contributed by atoms with E-state index in [4.69, 9.17) is 11.6 Å². The first kappa shape index (κ1) is 20.1. The van der Waals surface area contributed by atoms with E-state index >= 15 is 0 Å². The third-order valence-corrected chi connectivity index (χ3v) is 5.55. The molecule has 1 aromatic carbocycles. The number of nitrogens with zero attached hydrogens (tertiary/aromatic N) is 4. The van der Waals surface area contributed by atoms with Crippen LogP contribution in [0.2, 0.25) is 5.02 Å². The first-order valence-electron chi connectivity index (χ1n) is 9.41. The van der Waals surface area contributed by atoms with E-state index in [-0.39, 0.29) is 18.3 Å². The molecule has 4 rings (SSSR count). The lowest BCUT2D eigenvalue weighted by Crippen LogP contribution is -2.39. The van der Waals surface area contributed by atoms with Crippen LogP contribution in [0.1, 0.15) is 48.8 Å². The van der Waals surface area contributed by atoms with Gasteiger partial charge in [0.25, 0.3) is 5.91 Å². The largest absolute Gasteiger partial charge is 0.336 e. The second kappa shape index (κ2) is 8.59. The summed E-state index contributed by atoms with van der Waals surface area (Å²) >= 11 is 6.13. The highest BCUT2D eigenvalue weighted by molar-refractivity contribution is 6.30. The summed E-state index contributed by atoms with van der Waals surface area (Å²) in [4.78, 5) is 15.1. The lowest BCUT2D eigenvalue weighted by Gasteiger charge is -2.23. The van der Waals surface area contributed by atoms with Crippen molar-refractivity contribution in [1.82, 2.24) is 25.2 Å². The number of nitrogens with one attached hydrogen (secondary N) is 1. The maximum absolute atomic E-state index is 13.2. The highest BCUT2D eigenvalue weighted by Gasteiger charge is 2.33. The van der Waals surface area contributed by atoms with Gasteiger partial charge in [-0.05, 0) is 43.9 Å². The third kappa shape index (κ3) is 4.13. The standard InChI is InChI=1S/C19H24ClN5O.ClH/c1-2-4-17-18(22-23-25(17)16-6-3-5-13(20)11-16)19(26)24-10-9-14-7-8-15(12-24)21-14;/h3,5-6,11,14-15,21H,2,4,7-10,12H2,1H3;1H. The summed E-state index contributed by atoms with van der Waals surface area (Å²) in [5.41, 5.74) is 2.18. The normalized spacial score (nSPS) is 21.6. The van der Waals surface area contributed by atoms with Gasteiger partial charge in [0.1, 0.15) is 0 Å². The Labute approximate surface area is 170 Å². The fraction of sp³-hybridized carbons (Fsp3) is 0.526. The van der Waals surface area contributed by atoms with Crippen molar-refractivity contribution >= 4 is 29.9 Å². The topological polar surface area (TPSA) is 63.1 Å². The number of aromatic nitrogens is 3. The van der Waals surface area contributed by atoms with Gasteiger partial charge in [-0.15, -0.1) is 17.5 Å². The van der Waals surface area contributed by atoms with E-state index in [0.29, 0.717) is 22.8 Å². The van der Waals surface area contributed by atoms with E-state index < -0.39 is 0 Å². The maximum Gasteiger partial charge on any atom is 0.276 e. The third-order valence-electron chi connectivity index (χ3n) is 5.32. The van der Waals surface area contributed by atoms with Gasteiger partial charge < -0.3 is 10.2 Å². The molecule has 2 aromatic rings. The second-order valence-electron chi connectivity index (χ2n) is 7.20. The molecule has 3 heterocycles. The summed E-state index contributed by atoms with van der Waals surface area (Å²) in [6.45, 7) is 3.63. The molecule has 2 atom stereocenters. The molecule has 0 aliphatic carbocycles. The summed E-state index contributed by atoms with van der Waals surface area (Å²) in [5, 5.41) is 12.8. The molecule has 2 aliphatic heterocycles. The van der Waals surface area contributed by atoms with Gasteiger partial charge in [-0.3, -0.25) is 4.79 Å². The fourth-order valence-electron chi connectivity index (χ4n) is 4.02. The summed E-state index contributed by atoms with van der Waals surface area (Å²) < 4.78 is 1.75. The van der Waals surface area contributed by atoms with Gasteiger partial charge in [-0.1, -0.05) is 36.2 Å². The lowest BCUT2D eigenvalue weighted by atomic mass is 10.1. The predicted octanol–water partition coefficient (Wildman–Crippen LogP) is 3.26. The van der Waals surface area contributed by atoms with E-state index in [0.717, 1.165) is 50.2 Å². The van der Waals surface area contributed by atoms with Crippen LogP contribution in [0.5, 0.6) is 0 Å². The summed E-state index contributed by atoms with van der Waals surface area (Å²) in [6.07, 6.45) is 5.04. The van der Waals surface area contributed by atoms with Crippen LogP contribution in [0.4, 0.5) is 0 Å². The Morgan fingerprint density at radius 1 is 1.30 bits per heavy atom. The molecule has 1 aromatic heterocycles. The average molecular weight is 410 g/mol. The molecular formula is C19H25Cl2N5O. The van der Waals surface area contributed by atoms with E-state index in [1.54, 1.807) is 4.68 Å². The highest BCUT2D eigenvalue weighted by Crippen LogP contribution is 2.23. The molecule has 2 bridgehead atoms. The molecule has 6 nitrogen and oxygen atoms in total. The Morgan fingerprint density at radius 3 is 2.89 bits per heavy atom. The zero-order valence-electron chi connectivity index (χ0n) is 15.4. The Balaban J connectivity index is 0.00000210. The molecule has 0 spiro atoms. The minimum atomic E-state index is -0.00363. The number of benzene rings is 1. The molecular weight excluding hydrogens is 385 g/mol. The monoisotopic (exact) mass is 409 g/mol. The van der Waals surface area contributed by atoms with Crippen molar-refractivity contribution in [3.63, 3.8) is 0 Å². The number of hydrogen-bond acceptors (Lipinski definition) is 4. The number of carbonyl (C=O) groups excluding carboxylic acids is 1. The molecule has 1 amide bonds. The van der Waals surface area contributed by atoms with Crippen molar-refractivity contribution in [3.8, 4) is 5.69 Å². The van der Waals surface area contributed by atoms with E-state index in [1.807, 2.05) is 29.2 Å². The van der Waals surface area contributed by atoms with Crippen LogP contribution < -0.4 is 5.32 Å². The number of likely N-dealkylation sites (tertiary alicyclic amines) is 1. The fourth-order valence-corrected chi connectivity index (χ4v) is 4.21. The van der Waals surface area contributed by atoms with Gasteiger partial charge in [-0.25, -0.2) is 4.68 Å². The minimum absolute atomic E-state index is 0. The molecule has 27 heavy (non-hydrogen) atoms. The Bertz CT molecular complexity index is 809. The van der Waals surface area contributed by atoms with Crippen LogP contribution in [0.3, 0.4) is 0 Å². The quantitative estimate of drug-likeness (QED) is 0.841. The predicted molar refractivity (Wildman–Crippen MR) is 108 cm³/mol. The van der Waals surface area contributed by atoms with Crippen molar-refractivity contribution < 1.29 is 4.79 Å². The summed E-state index contributed by atoms with van der Waals surface area (Å²) in [5.74, 6) is -0.00363. The van der Waals surface area contributed by atoms with Crippen molar-refractivity contribution in [1.29, 1.82) is 0 Å². The van der Waals surface area contributed by atoms with Crippen LogP contribution in [0, 0.1) is 0 Å². The highest BCUT2D eigenvalue weighted by atomic mass is 35.5. The smallest absolute Gasteiger partial charge is 0.276 e. The number of hydrogen-bond donors (Lipinski definition) is 1. The minimum Gasteiger partial charge on any atom is -0.336 e. The van der Waals surface area contributed by atoms with Crippen molar-refractivity contribution in [2.45, 2.75) is 51.1 Å². The van der Waals surface area contributed by atoms with Crippen LogP contribution in [-0.4, -0.2) is 51.0 Å². The first-order valence-corrected chi connectivity index (χ1v) is 9.79. The molecule has 2 fully saturated rings. The Hall–Kier alpha value is -1.63. The van der Waals surface area contributed by atoms with Gasteiger partial charge in [0.15, 0.2) is 5.69 Å². The number of amides is 1. The molecule has 1 N–H and O–H groups in total. The molecule has 2 saturated heterocycles. The molecule has 146 valence electrons. The van der Waals surface area contributed by atoms with Crippen LogP contribution in [0.25, 0.3) is 5.69 Å². The first-order chi connectivity index (χ1) is 12.7. The van der Waals surface area contributed by atoms with Gasteiger partial charge >= 0.3 is 0 Å². The van der Waals surface area contributed by atoms with Gasteiger partial charge in [0.2, 0.25) is 0 Å². The van der Waals surface area contributed by atoms with E-state index in [9.17, 15) is 4.79 Å². The number of halogens is 2. The molecule has 2 unspecified atom stereocenters. The number of carbonyl (C=O) groups is 1. The Morgan fingerprint density at radius 2 is 2.11 bits per heavy atom. The lowest BCUT2D eigenvalue weighted by molar-refractivity contribution is 0.0741. The maximum atomic E-state index is 13.2. The molecule has 0 radical (unpaired) electrons. The average Bonchev–Trinajstić information content (AvgIpc) is 3.18. The van der Waals surface area contributed by atoms with Crippen LogP contribution >= 0.6 is 24.0 Å². The molecule has 8 heteroatoms. The van der Waals surface area contributed by atoms with Crippen molar-refractivity contribution in [3.05, 3.63) is 40.7 Å². The summed E-state index contributed by atoms with van der Waals surface area (Å²) in [7, 11) is 0. The van der Waals surface area contributed by atoms with Crippen LogP contribution in [0.15, 0.2) is 24.3 Å². The van der Waals surface area contributed by atoms with Crippen molar-refractivity contribution in [2.24, 2.45) is 0 Å². The zero-order valence-corrected chi connectivity index (χ0v) is 17.0. The van der Waals surface area contributed by atoms with E-state index in [1.165, 1.54) is 6.42 Å². The second-order valence-corrected chi connectivity index (χ2v) is 7.64. The van der Waals surface area contributed by atoms with Gasteiger partial charge in [-0.2, -0.15) is 0 Å². The number of fused-ring (bicyclic) bond motifs is 2. The van der Waals surface area contributed by atoms with Gasteiger partial charge in [0.05, 0.1) is 11.4 Å². The van der Waals surface area contributed by atoms with Crippen LogP contribution in [-0.2, 0) is 6.42 Å². The Kier molecular flexibility index (Phi) is 6.40. The molecule has 2 aliphatic rings. The SMILES string of the molecule is CCCc1c(C(=O)N2CCC3CCC(C2)N3)nnn1-c1cccc(Cl)c1.Cl. The van der Waals surface area contributed by atoms with Gasteiger partial charge in [0, 0.05) is 30.2 Å². The van der Waals surface area contributed by atoms with E-state index in [2.05, 4.69) is 22.6 Å². The summed E-state index contributed by atoms with van der Waals surface area (Å²) in [6, 6.07) is 8.45.